The van der Waals surface area contributed by atoms with Crippen molar-refractivity contribution in [3.8, 4) is 0 Å². The zero-order valence-electron chi connectivity index (χ0n) is 19.9. The summed E-state index contributed by atoms with van der Waals surface area (Å²) in [6.45, 7) is 2.87. The Bertz CT molecular complexity index is 966. The number of halogens is 1. The van der Waals surface area contributed by atoms with E-state index in [1.165, 1.54) is 33.1 Å². The third kappa shape index (κ3) is 4.81. The lowest BCUT2D eigenvalue weighted by molar-refractivity contribution is -0.202. The summed E-state index contributed by atoms with van der Waals surface area (Å²) in [5.41, 5.74) is 3.28. The van der Waals surface area contributed by atoms with Crippen molar-refractivity contribution in [3.05, 3.63) is 0 Å². The van der Waals surface area contributed by atoms with Crippen molar-refractivity contribution < 1.29 is 46.3 Å². The summed E-state index contributed by atoms with van der Waals surface area (Å²) in [7, 11) is -3.66. The number of nitrogens with two attached hydrogens (primary N) is 1. The minimum absolute atomic E-state index is 0.0608. The first-order valence-electron chi connectivity index (χ1n) is 12.2. The van der Waals surface area contributed by atoms with E-state index in [0.29, 0.717) is 17.8 Å². The molecule has 4 N–H and O–H groups in total. The predicted octanol–water partition coefficient (Wildman–Crippen LogP) is 1.92. The maximum Gasteiger partial charge on any atom is 0.327 e. The van der Waals surface area contributed by atoms with Gasteiger partial charge < -0.3 is 20.3 Å². The molecule has 0 aromatic heterocycles. The molecule has 4 bridgehead atoms. The third-order valence-electron chi connectivity index (χ3n) is 8.75. The molecule has 6 rings (SSSR count). The van der Waals surface area contributed by atoms with Crippen LogP contribution in [0.2, 0.25) is 0 Å². The number of hydrogen-bond donors (Lipinski definition) is 3. The van der Waals surface area contributed by atoms with Crippen LogP contribution in [0.15, 0.2) is 0 Å². The number of alkyl halides is 1. The summed E-state index contributed by atoms with van der Waals surface area (Å²) in [5.74, 6) is -2.73. The molecular formula is C23H34FNO9S. The van der Waals surface area contributed by atoms with Crippen LogP contribution in [0.5, 0.6) is 0 Å². The fourth-order valence-electron chi connectivity index (χ4n) is 7.46. The van der Waals surface area contributed by atoms with Crippen LogP contribution < -0.4 is 5.73 Å². The van der Waals surface area contributed by atoms with Gasteiger partial charge in [0.2, 0.25) is 6.29 Å². The van der Waals surface area contributed by atoms with Crippen molar-refractivity contribution >= 4 is 28.0 Å². The number of rotatable bonds is 6. The molecule has 0 aromatic rings. The number of ether oxygens (including phenoxy) is 2. The Hall–Kier alpha value is -1.79. The average molecular weight is 520 g/mol. The lowest BCUT2D eigenvalue weighted by Crippen LogP contribution is -2.56. The fourth-order valence-corrected chi connectivity index (χ4v) is 7.46. The minimum atomic E-state index is -3.66. The largest absolute Gasteiger partial charge is 0.480 e. The van der Waals surface area contributed by atoms with Crippen molar-refractivity contribution in [2.45, 2.75) is 76.8 Å². The highest BCUT2D eigenvalue weighted by molar-refractivity contribution is 7.85. The van der Waals surface area contributed by atoms with E-state index in [-0.39, 0.29) is 18.1 Å². The van der Waals surface area contributed by atoms with E-state index >= 15 is 0 Å². The van der Waals surface area contributed by atoms with Gasteiger partial charge in [0.25, 0.3) is 10.1 Å². The number of aliphatic carboxylic acids is 1. The molecule has 6 saturated carbocycles. The zero-order chi connectivity index (χ0) is 25.9. The summed E-state index contributed by atoms with van der Waals surface area (Å²) in [5, 5.41) is 9.31. The number of esters is 2. The van der Waals surface area contributed by atoms with E-state index in [0.717, 1.165) is 19.3 Å². The van der Waals surface area contributed by atoms with Gasteiger partial charge in [0.05, 0.1) is 17.1 Å². The SMILES string of the molecule is CCS(=O)(=O)O.C[C@@H](OC(=O)[C@H]1[C@@H]2C[C@H](F)[C@@](N)(C(=O)O)[C@@H]21)OC(=O)C12CC3CC(CC(C3)C1)C2. The summed E-state index contributed by atoms with van der Waals surface area (Å²) in [6.07, 6.45) is 3.42. The molecule has 0 spiro atoms. The molecule has 0 radical (unpaired) electrons. The van der Waals surface area contributed by atoms with Crippen LogP contribution in [0.25, 0.3) is 0 Å². The van der Waals surface area contributed by atoms with Gasteiger partial charge in [-0.1, -0.05) is 0 Å². The quantitative estimate of drug-likeness (QED) is 0.267. The molecular weight excluding hydrogens is 485 g/mol. The number of fused-ring (bicyclic) bond motifs is 1. The highest BCUT2D eigenvalue weighted by Gasteiger charge is 2.75. The standard InChI is InChI=1S/C21H28FNO6.C2H6O3S/c1-9(28-17(24)15-13-5-14(22)21(23,16(13)15)18(25)26)29-19(27)20-6-10-2-11(7-20)4-12(3-10)8-20;1-2-6(3,4)5/h9-16H,2-8,23H2,1H3,(H,25,26);2H2,1H3,(H,3,4,5)/t9-,10?,11?,12?,13-,14-,15-,16-,20?,21-;/m0./s1. The number of carbonyl (C=O) groups excluding carboxylic acids is 2. The molecule has 6 fully saturated rings. The highest BCUT2D eigenvalue weighted by atomic mass is 32.2. The number of carboxylic acids is 1. The first kappa shape index (κ1) is 26.3. The summed E-state index contributed by atoms with van der Waals surface area (Å²) in [6, 6.07) is 0. The second-order valence-corrected chi connectivity index (χ2v) is 12.9. The monoisotopic (exact) mass is 519 g/mol. The first-order chi connectivity index (χ1) is 16.2. The molecule has 0 aromatic carbocycles. The fraction of sp³-hybridized carbons (Fsp3) is 0.870. The molecule has 0 aliphatic heterocycles. The Morgan fingerprint density at radius 3 is 1.97 bits per heavy atom. The third-order valence-corrected chi connectivity index (χ3v) is 9.48. The molecule has 0 saturated heterocycles. The summed E-state index contributed by atoms with van der Waals surface area (Å²) < 4.78 is 51.7. The summed E-state index contributed by atoms with van der Waals surface area (Å²) >= 11 is 0. The average Bonchev–Trinajstić information content (AvgIpc) is 3.39. The Morgan fingerprint density at radius 2 is 1.54 bits per heavy atom. The van der Waals surface area contributed by atoms with E-state index < -0.39 is 63.2 Å². The molecule has 0 unspecified atom stereocenters. The molecule has 6 aliphatic carbocycles. The normalized spacial score (nSPS) is 43.4. The van der Waals surface area contributed by atoms with Gasteiger partial charge in [-0.15, -0.1) is 0 Å². The van der Waals surface area contributed by atoms with Gasteiger partial charge >= 0.3 is 17.9 Å². The second-order valence-electron chi connectivity index (χ2n) is 11.1. The smallest absolute Gasteiger partial charge is 0.327 e. The van der Waals surface area contributed by atoms with Crippen LogP contribution in [-0.4, -0.2) is 59.7 Å². The first-order valence-corrected chi connectivity index (χ1v) is 13.8. The van der Waals surface area contributed by atoms with Crippen LogP contribution in [0.3, 0.4) is 0 Å². The molecule has 6 aliphatic rings. The van der Waals surface area contributed by atoms with Gasteiger partial charge in [-0.3, -0.25) is 18.9 Å². The Balaban J connectivity index is 0.000000431. The Labute approximate surface area is 203 Å². The van der Waals surface area contributed by atoms with Crippen LogP contribution in [-0.2, 0) is 34.0 Å². The molecule has 10 nitrogen and oxygen atoms in total. The molecule has 0 heterocycles. The van der Waals surface area contributed by atoms with Crippen LogP contribution in [0.4, 0.5) is 4.39 Å². The molecule has 0 amide bonds. The van der Waals surface area contributed by atoms with E-state index in [9.17, 15) is 32.3 Å². The van der Waals surface area contributed by atoms with Crippen molar-refractivity contribution in [1.82, 2.24) is 0 Å². The van der Waals surface area contributed by atoms with Crippen molar-refractivity contribution in [1.29, 1.82) is 0 Å². The molecule has 6 atom stereocenters. The van der Waals surface area contributed by atoms with Crippen molar-refractivity contribution in [2.24, 2.45) is 46.7 Å². The predicted molar refractivity (Wildman–Crippen MR) is 119 cm³/mol. The Kier molecular flexibility index (Phi) is 6.72. The maximum atomic E-state index is 14.0. The van der Waals surface area contributed by atoms with Gasteiger partial charge in [0.15, 0.2) is 0 Å². The minimum Gasteiger partial charge on any atom is -0.480 e. The van der Waals surface area contributed by atoms with E-state index in [1.54, 1.807) is 0 Å². The van der Waals surface area contributed by atoms with E-state index in [1.807, 2.05) is 0 Å². The van der Waals surface area contributed by atoms with E-state index in [4.69, 9.17) is 19.8 Å². The zero-order valence-corrected chi connectivity index (χ0v) is 20.7. The van der Waals surface area contributed by atoms with Crippen LogP contribution in [0, 0.1) is 40.9 Å². The lowest BCUT2D eigenvalue weighted by atomic mass is 9.49. The maximum absolute atomic E-state index is 14.0. The molecule has 35 heavy (non-hydrogen) atoms. The van der Waals surface area contributed by atoms with E-state index in [2.05, 4.69) is 0 Å². The number of carboxylic acid groups (broad SMARTS) is 1. The van der Waals surface area contributed by atoms with Gasteiger partial charge in [0, 0.05) is 12.8 Å². The van der Waals surface area contributed by atoms with Crippen molar-refractivity contribution in [2.75, 3.05) is 5.75 Å². The highest BCUT2D eigenvalue weighted by Crippen LogP contribution is 2.63. The van der Waals surface area contributed by atoms with Gasteiger partial charge in [-0.05, 0) is 75.5 Å². The molecule has 198 valence electrons. The Morgan fingerprint density at radius 1 is 1.06 bits per heavy atom. The van der Waals surface area contributed by atoms with Gasteiger partial charge in [-0.2, -0.15) is 8.42 Å². The molecule has 12 heteroatoms. The van der Waals surface area contributed by atoms with Crippen molar-refractivity contribution in [3.63, 3.8) is 0 Å². The summed E-state index contributed by atoms with van der Waals surface area (Å²) in [4.78, 5) is 36.9. The van der Waals surface area contributed by atoms with Crippen LogP contribution >= 0.6 is 0 Å². The van der Waals surface area contributed by atoms with Gasteiger partial charge in [0.1, 0.15) is 11.7 Å². The topological polar surface area (TPSA) is 170 Å². The number of hydrogen-bond acceptors (Lipinski definition) is 8. The lowest BCUT2D eigenvalue weighted by Gasteiger charge is -2.55. The second kappa shape index (κ2) is 8.95. The van der Waals surface area contributed by atoms with Crippen LogP contribution in [0.1, 0.15) is 58.8 Å². The van der Waals surface area contributed by atoms with Gasteiger partial charge in [-0.25, -0.2) is 4.39 Å². The number of carbonyl (C=O) groups is 3.